The summed E-state index contributed by atoms with van der Waals surface area (Å²) < 4.78 is 29.4. The summed E-state index contributed by atoms with van der Waals surface area (Å²) in [6, 6.07) is 7.00. The molecule has 1 aromatic carbocycles. The minimum atomic E-state index is -3.19. The highest BCUT2D eigenvalue weighted by atomic mass is 32.2. The van der Waals surface area contributed by atoms with Crippen molar-refractivity contribution in [2.45, 2.75) is 32.1 Å². The van der Waals surface area contributed by atoms with E-state index < -0.39 is 9.84 Å². The van der Waals surface area contributed by atoms with Gasteiger partial charge in [-0.15, -0.1) is 0 Å². The first-order chi connectivity index (χ1) is 9.47. The zero-order valence-corrected chi connectivity index (χ0v) is 13.4. The second kappa shape index (κ2) is 8.27. The molecule has 0 aliphatic rings. The van der Waals surface area contributed by atoms with Gasteiger partial charge in [0, 0.05) is 13.2 Å². The Hall–Kier alpha value is -1.07. The van der Waals surface area contributed by atoms with Gasteiger partial charge in [-0.3, -0.25) is 0 Å². The monoisotopic (exact) mass is 299 g/mol. The SMILES string of the molecule is CCS(=O)(=O)c1ccccc1NCCOCCC(C)C. The summed E-state index contributed by atoms with van der Waals surface area (Å²) in [7, 11) is -3.19. The lowest BCUT2D eigenvalue weighted by Gasteiger charge is -2.12. The predicted octanol–water partition coefficient (Wildman–Crippen LogP) is 2.95. The fourth-order valence-corrected chi connectivity index (χ4v) is 2.79. The average Bonchev–Trinajstić information content (AvgIpc) is 2.42. The number of nitrogens with one attached hydrogen (secondary N) is 1. The van der Waals surface area contributed by atoms with Gasteiger partial charge in [0.2, 0.25) is 0 Å². The van der Waals surface area contributed by atoms with Crippen molar-refractivity contribution in [2.75, 3.05) is 30.8 Å². The van der Waals surface area contributed by atoms with Gasteiger partial charge >= 0.3 is 0 Å². The number of hydrogen-bond donors (Lipinski definition) is 1. The molecule has 0 fully saturated rings. The van der Waals surface area contributed by atoms with Crippen LogP contribution in [0.15, 0.2) is 29.2 Å². The van der Waals surface area contributed by atoms with Crippen LogP contribution in [0.5, 0.6) is 0 Å². The third-order valence-electron chi connectivity index (χ3n) is 3.00. The minimum Gasteiger partial charge on any atom is -0.382 e. The van der Waals surface area contributed by atoms with Crippen LogP contribution in [0.25, 0.3) is 0 Å². The summed E-state index contributed by atoms with van der Waals surface area (Å²) in [6.45, 7) is 7.90. The van der Waals surface area contributed by atoms with E-state index in [9.17, 15) is 8.42 Å². The van der Waals surface area contributed by atoms with Crippen LogP contribution < -0.4 is 5.32 Å². The molecular weight excluding hydrogens is 274 g/mol. The molecule has 0 saturated heterocycles. The van der Waals surface area contributed by atoms with Crippen LogP contribution >= 0.6 is 0 Å². The van der Waals surface area contributed by atoms with E-state index in [0.717, 1.165) is 13.0 Å². The van der Waals surface area contributed by atoms with Gasteiger partial charge in [0.1, 0.15) is 0 Å². The van der Waals surface area contributed by atoms with Gasteiger partial charge in [-0.25, -0.2) is 8.42 Å². The second-order valence-corrected chi connectivity index (χ2v) is 7.37. The van der Waals surface area contributed by atoms with Gasteiger partial charge in [0.25, 0.3) is 0 Å². The summed E-state index contributed by atoms with van der Waals surface area (Å²) in [4.78, 5) is 0.365. The molecule has 0 aromatic heterocycles. The lowest BCUT2D eigenvalue weighted by Crippen LogP contribution is -2.14. The fraction of sp³-hybridized carbons (Fsp3) is 0.600. The molecule has 0 heterocycles. The van der Waals surface area contributed by atoms with Crippen LogP contribution in [-0.2, 0) is 14.6 Å². The standard InChI is InChI=1S/C15H25NO3S/c1-4-20(17,18)15-8-6-5-7-14(15)16-10-12-19-11-9-13(2)3/h5-8,13,16H,4,9-12H2,1-3H3. The molecule has 5 heteroatoms. The molecule has 114 valence electrons. The average molecular weight is 299 g/mol. The van der Waals surface area contributed by atoms with Crippen molar-refractivity contribution in [2.24, 2.45) is 5.92 Å². The van der Waals surface area contributed by atoms with E-state index in [1.165, 1.54) is 0 Å². The maximum atomic E-state index is 12.0. The highest BCUT2D eigenvalue weighted by molar-refractivity contribution is 7.91. The molecule has 0 unspecified atom stereocenters. The molecule has 4 nitrogen and oxygen atoms in total. The molecule has 1 rings (SSSR count). The zero-order valence-electron chi connectivity index (χ0n) is 12.6. The summed E-state index contributed by atoms with van der Waals surface area (Å²) in [5.41, 5.74) is 0.654. The Balaban J connectivity index is 2.49. The molecule has 0 aliphatic carbocycles. The van der Waals surface area contributed by atoms with E-state index >= 15 is 0 Å². The molecule has 0 atom stereocenters. The van der Waals surface area contributed by atoms with E-state index in [1.54, 1.807) is 25.1 Å². The number of rotatable bonds is 9. The Bertz CT molecular complexity index is 498. The van der Waals surface area contributed by atoms with Gasteiger partial charge in [0.15, 0.2) is 9.84 Å². The third-order valence-corrected chi connectivity index (χ3v) is 4.79. The van der Waals surface area contributed by atoms with E-state index in [-0.39, 0.29) is 5.75 Å². The number of ether oxygens (including phenoxy) is 1. The quantitative estimate of drug-likeness (QED) is 0.712. The van der Waals surface area contributed by atoms with Crippen LogP contribution in [-0.4, -0.2) is 33.9 Å². The largest absolute Gasteiger partial charge is 0.382 e. The van der Waals surface area contributed by atoms with E-state index in [1.807, 2.05) is 6.07 Å². The molecule has 0 amide bonds. The highest BCUT2D eigenvalue weighted by Gasteiger charge is 2.15. The van der Waals surface area contributed by atoms with Crippen molar-refractivity contribution in [3.63, 3.8) is 0 Å². The smallest absolute Gasteiger partial charge is 0.180 e. The van der Waals surface area contributed by atoms with Crippen LogP contribution in [0, 0.1) is 5.92 Å². The predicted molar refractivity (Wildman–Crippen MR) is 82.9 cm³/mol. The lowest BCUT2D eigenvalue weighted by atomic mass is 10.1. The minimum absolute atomic E-state index is 0.108. The first-order valence-corrected chi connectivity index (χ1v) is 8.76. The number of hydrogen-bond acceptors (Lipinski definition) is 4. The molecule has 0 bridgehead atoms. The van der Waals surface area contributed by atoms with Crippen LogP contribution in [0.1, 0.15) is 27.2 Å². The van der Waals surface area contributed by atoms with Crippen LogP contribution in [0.4, 0.5) is 5.69 Å². The first kappa shape index (κ1) is 17.0. The lowest BCUT2D eigenvalue weighted by molar-refractivity contribution is 0.132. The number of anilines is 1. The van der Waals surface area contributed by atoms with Gasteiger partial charge in [-0.2, -0.15) is 0 Å². The molecule has 0 radical (unpaired) electrons. The molecule has 0 spiro atoms. The Kier molecular flexibility index (Phi) is 7.02. The summed E-state index contributed by atoms with van der Waals surface area (Å²) in [5, 5.41) is 3.14. The van der Waals surface area contributed by atoms with Crippen LogP contribution in [0.3, 0.4) is 0 Å². The van der Waals surface area contributed by atoms with Crippen molar-refractivity contribution >= 4 is 15.5 Å². The Morgan fingerprint density at radius 1 is 1.20 bits per heavy atom. The normalized spacial score (nSPS) is 11.8. The Morgan fingerprint density at radius 2 is 1.90 bits per heavy atom. The number of para-hydroxylation sites is 1. The molecule has 1 aromatic rings. The van der Waals surface area contributed by atoms with Crippen LogP contribution in [0.2, 0.25) is 0 Å². The Labute approximate surface area is 122 Å². The summed E-state index contributed by atoms with van der Waals surface area (Å²) >= 11 is 0. The number of benzene rings is 1. The molecule has 1 N–H and O–H groups in total. The first-order valence-electron chi connectivity index (χ1n) is 7.10. The van der Waals surface area contributed by atoms with E-state index in [4.69, 9.17) is 4.74 Å². The fourth-order valence-electron chi connectivity index (χ4n) is 1.72. The van der Waals surface area contributed by atoms with Crippen molar-refractivity contribution in [3.8, 4) is 0 Å². The zero-order chi connectivity index (χ0) is 15.0. The summed E-state index contributed by atoms with van der Waals surface area (Å²) in [5.74, 6) is 0.745. The van der Waals surface area contributed by atoms with Crippen molar-refractivity contribution in [3.05, 3.63) is 24.3 Å². The van der Waals surface area contributed by atoms with E-state index in [2.05, 4.69) is 19.2 Å². The van der Waals surface area contributed by atoms with Gasteiger partial charge < -0.3 is 10.1 Å². The molecule has 20 heavy (non-hydrogen) atoms. The molecular formula is C15H25NO3S. The maximum absolute atomic E-state index is 12.0. The highest BCUT2D eigenvalue weighted by Crippen LogP contribution is 2.21. The van der Waals surface area contributed by atoms with Crippen molar-refractivity contribution < 1.29 is 13.2 Å². The van der Waals surface area contributed by atoms with Gasteiger partial charge in [-0.05, 0) is 24.5 Å². The number of sulfone groups is 1. The van der Waals surface area contributed by atoms with Gasteiger partial charge in [-0.1, -0.05) is 32.9 Å². The second-order valence-electron chi connectivity index (χ2n) is 5.12. The van der Waals surface area contributed by atoms with Crippen molar-refractivity contribution in [1.82, 2.24) is 0 Å². The van der Waals surface area contributed by atoms with E-state index in [0.29, 0.717) is 29.7 Å². The molecule has 0 aliphatic heterocycles. The van der Waals surface area contributed by atoms with Gasteiger partial charge in [0.05, 0.1) is 22.9 Å². The summed E-state index contributed by atoms with van der Waals surface area (Å²) in [6.07, 6.45) is 1.04. The molecule has 0 saturated carbocycles. The van der Waals surface area contributed by atoms with Crippen molar-refractivity contribution in [1.29, 1.82) is 0 Å². The third kappa shape index (κ3) is 5.51. The maximum Gasteiger partial charge on any atom is 0.180 e. The Morgan fingerprint density at radius 3 is 2.55 bits per heavy atom. The topological polar surface area (TPSA) is 55.4 Å².